The van der Waals surface area contributed by atoms with Crippen molar-refractivity contribution in [3.05, 3.63) is 65.0 Å². The average molecular weight is 361 g/mol. The topological polar surface area (TPSA) is 45.7 Å². The van der Waals surface area contributed by atoms with Crippen molar-refractivity contribution in [3.63, 3.8) is 0 Å². The van der Waals surface area contributed by atoms with Crippen molar-refractivity contribution in [1.29, 1.82) is 0 Å². The molecule has 1 aromatic carbocycles. The third-order valence-corrected chi connectivity index (χ3v) is 5.12. The lowest BCUT2D eigenvalue weighted by Crippen LogP contribution is -2.54. The summed E-state index contributed by atoms with van der Waals surface area (Å²) in [6.45, 7) is 1.18. The largest absolute Gasteiger partial charge is 0.369 e. The number of pyridine rings is 1. The standard InChI is InChI=1S/C22H23N3O2/c1-24(2)22(26)25-12-13-27-21-18-14-17(9-8-16-6-4-3-5-7-16)15-23-19(18)10-11-20(21)25/h3-7,14-15,20-21H,10-13H2,1-2H3/t20-,21+/m1/s1. The van der Waals surface area contributed by atoms with Crippen molar-refractivity contribution in [3.8, 4) is 11.8 Å². The fourth-order valence-corrected chi connectivity index (χ4v) is 3.80. The highest BCUT2D eigenvalue weighted by Crippen LogP contribution is 2.37. The van der Waals surface area contributed by atoms with Gasteiger partial charge in [-0.1, -0.05) is 30.0 Å². The summed E-state index contributed by atoms with van der Waals surface area (Å²) < 4.78 is 6.09. The summed E-state index contributed by atoms with van der Waals surface area (Å²) in [4.78, 5) is 20.8. The lowest BCUT2D eigenvalue weighted by molar-refractivity contribution is -0.0664. The number of fused-ring (bicyclic) bond motifs is 3. The molecule has 0 unspecified atom stereocenters. The minimum atomic E-state index is -0.127. The van der Waals surface area contributed by atoms with E-state index in [0.717, 1.165) is 35.2 Å². The van der Waals surface area contributed by atoms with E-state index in [1.54, 1.807) is 19.0 Å². The van der Waals surface area contributed by atoms with E-state index in [0.29, 0.717) is 13.2 Å². The zero-order valence-corrected chi connectivity index (χ0v) is 15.7. The minimum absolute atomic E-state index is 0.0460. The SMILES string of the molecule is CN(C)C(=O)N1CCO[C@H]2c3cc(C#Cc4ccccc4)cnc3CC[C@H]21. The molecule has 2 heterocycles. The highest BCUT2D eigenvalue weighted by Gasteiger charge is 2.40. The molecule has 0 saturated carbocycles. The fourth-order valence-electron chi connectivity index (χ4n) is 3.80. The Morgan fingerprint density at radius 2 is 2.00 bits per heavy atom. The van der Waals surface area contributed by atoms with E-state index < -0.39 is 0 Å². The lowest BCUT2D eigenvalue weighted by atomic mass is 9.86. The van der Waals surface area contributed by atoms with Crippen LogP contribution in [0.15, 0.2) is 42.6 Å². The van der Waals surface area contributed by atoms with Gasteiger partial charge >= 0.3 is 6.03 Å². The molecule has 0 bridgehead atoms. The summed E-state index contributed by atoms with van der Waals surface area (Å²) in [5.74, 6) is 6.38. The van der Waals surface area contributed by atoms with E-state index in [9.17, 15) is 4.79 Å². The van der Waals surface area contributed by atoms with Gasteiger partial charge < -0.3 is 14.5 Å². The number of carbonyl (C=O) groups excluding carboxylic acids is 1. The maximum Gasteiger partial charge on any atom is 0.319 e. The van der Waals surface area contributed by atoms with Crippen molar-refractivity contribution in [1.82, 2.24) is 14.8 Å². The summed E-state index contributed by atoms with van der Waals surface area (Å²) in [7, 11) is 3.59. The molecule has 2 aromatic rings. The van der Waals surface area contributed by atoms with Crippen LogP contribution in [0.25, 0.3) is 0 Å². The molecule has 1 aliphatic carbocycles. The third-order valence-electron chi connectivity index (χ3n) is 5.12. The Hall–Kier alpha value is -2.84. The molecule has 5 nitrogen and oxygen atoms in total. The molecule has 2 atom stereocenters. The molecule has 1 saturated heterocycles. The number of rotatable bonds is 0. The van der Waals surface area contributed by atoms with Crippen molar-refractivity contribution in [2.24, 2.45) is 0 Å². The first-order valence-corrected chi connectivity index (χ1v) is 9.29. The number of ether oxygens (including phenoxy) is 1. The van der Waals surface area contributed by atoms with Crippen LogP contribution in [-0.4, -0.2) is 54.1 Å². The monoisotopic (exact) mass is 361 g/mol. The molecule has 1 fully saturated rings. The van der Waals surface area contributed by atoms with Crippen LogP contribution in [0, 0.1) is 11.8 Å². The molecule has 4 rings (SSSR count). The summed E-state index contributed by atoms with van der Waals surface area (Å²) in [5, 5.41) is 0. The second-order valence-electron chi connectivity index (χ2n) is 7.14. The molecule has 1 aliphatic heterocycles. The number of hydrogen-bond donors (Lipinski definition) is 0. The number of aromatic nitrogens is 1. The zero-order valence-electron chi connectivity index (χ0n) is 15.7. The van der Waals surface area contributed by atoms with E-state index in [2.05, 4.69) is 22.9 Å². The molecular formula is C22H23N3O2. The van der Waals surface area contributed by atoms with Crippen LogP contribution in [0.1, 0.15) is 34.9 Å². The van der Waals surface area contributed by atoms with Crippen molar-refractivity contribution < 1.29 is 9.53 Å². The van der Waals surface area contributed by atoms with Crippen LogP contribution in [-0.2, 0) is 11.2 Å². The van der Waals surface area contributed by atoms with Crippen molar-refractivity contribution in [2.45, 2.75) is 25.0 Å². The highest BCUT2D eigenvalue weighted by molar-refractivity contribution is 5.74. The second kappa shape index (κ2) is 7.42. The van der Waals surface area contributed by atoms with Crippen LogP contribution in [0.4, 0.5) is 4.79 Å². The first-order valence-electron chi connectivity index (χ1n) is 9.29. The number of benzene rings is 1. The third kappa shape index (κ3) is 3.54. The number of morpholine rings is 1. The van der Waals surface area contributed by atoms with Gasteiger partial charge in [0.15, 0.2) is 0 Å². The normalized spacial score (nSPS) is 20.7. The van der Waals surface area contributed by atoms with E-state index in [1.165, 1.54) is 0 Å². The summed E-state index contributed by atoms with van der Waals surface area (Å²) in [6.07, 6.45) is 3.43. The molecule has 2 aliphatic rings. The Balaban J connectivity index is 1.63. The van der Waals surface area contributed by atoms with Gasteiger partial charge in [-0.25, -0.2) is 4.79 Å². The Labute approximate surface area is 160 Å². The summed E-state index contributed by atoms with van der Waals surface area (Å²) in [5.41, 5.74) is 3.98. The van der Waals surface area contributed by atoms with Gasteiger partial charge in [-0.05, 0) is 31.0 Å². The van der Waals surface area contributed by atoms with Gasteiger partial charge in [0.2, 0.25) is 0 Å². The summed E-state index contributed by atoms with van der Waals surface area (Å²) >= 11 is 0. The summed E-state index contributed by atoms with van der Waals surface area (Å²) in [6, 6.07) is 12.1. The van der Waals surface area contributed by atoms with Gasteiger partial charge in [-0.2, -0.15) is 0 Å². The van der Waals surface area contributed by atoms with Gasteiger partial charge in [0, 0.05) is 49.2 Å². The molecule has 5 heteroatoms. The molecule has 2 amide bonds. The van der Waals surface area contributed by atoms with Gasteiger partial charge in [-0.3, -0.25) is 4.98 Å². The Kier molecular flexibility index (Phi) is 4.83. The highest BCUT2D eigenvalue weighted by atomic mass is 16.5. The predicted octanol–water partition coefficient (Wildman–Crippen LogP) is 2.85. The predicted molar refractivity (Wildman–Crippen MR) is 103 cm³/mol. The first kappa shape index (κ1) is 17.6. The maximum absolute atomic E-state index is 12.5. The molecule has 1 aromatic heterocycles. The Morgan fingerprint density at radius 3 is 2.78 bits per heavy atom. The van der Waals surface area contributed by atoms with Crippen LogP contribution in [0.5, 0.6) is 0 Å². The lowest BCUT2D eigenvalue weighted by Gasteiger charge is -2.44. The Bertz CT molecular complexity index is 899. The molecule has 0 N–H and O–H groups in total. The number of aryl methyl sites for hydroxylation is 1. The van der Waals surface area contributed by atoms with E-state index >= 15 is 0 Å². The first-order chi connectivity index (χ1) is 13.1. The van der Waals surface area contributed by atoms with Crippen LogP contribution in [0.3, 0.4) is 0 Å². The smallest absolute Gasteiger partial charge is 0.319 e. The van der Waals surface area contributed by atoms with Crippen LogP contribution >= 0.6 is 0 Å². The fraction of sp³-hybridized carbons (Fsp3) is 0.364. The van der Waals surface area contributed by atoms with Crippen LogP contribution < -0.4 is 0 Å². The quantitative estimate of drug-likeness (QED) is 0.678. The average Bonchev–Trinajstić information content (AvgIpc) is 2.71. The van der Waals surface area contributed by atoms with Crippen molar-refractivity contribution in [2.75, 3.05) is 27.2 Å². The van der Waals surface area contributed by atoms with Gasteiger partial charge in [0.25, 0.3) is 0 Å². The molecule has 0 spiro atoms. The number of carbonyl (C=O) groups is 1. The maximum atomic E-state index is 12.5. The number of amides is 2. The number of hydrogen-bond acceptors (Lipinski definition) is 3. The zero-order chi connectivity index (χ0) is 18.8. The Morgan fingerprint density at radius 1 is 1.22 bits per heavy atom. The number of urea groups is 1. The van der Waals surface area contributed by atoms with Gasteiger partial charge in [0.05, 0.1) is 12.6 Å². The van der Waals surface area contributed by atoms with E-state index in [4.69, 9.17) is 4.74 Å². The van der Waals surface area contributed by atoms with E-state index in [1.807, 2.05) is 41.4 Å². The molecule has 27 heavy (non-hydrogen) atoms. The van der Waals surface area contributed by atoms with Gasteiger partial charge in [-0.15, -0.1) is 0 Å². The molecular weight excluding hydrogens is 338 g/mol. The van der Waals surface area contributed by atoms with Crippen molar-refractivity contribution >= 4 is 6.03 Å². The molecule has 0 radical (unpaired) electrons. The molecule has 138 valence electrons. The number of nitrogens with zero attached hydrogens (tertiary/aromatic N) is 3. The van der Waals surface area contributed by atoms with Crippen LogP contribution in [0.2, 0.25) is 0 Å². The second-order valence-corrected chi connectivity index (χ2v) is 7.14. The minimum Gasteiger partial charge on any atom is -0.369 e. The van der Waals surface area contributed by atoms with Gasteiger partial charge in [0.1, 0.15) is 6.10 Å². The van der Waals surface area contributed by atoms with E-state index in [-0.39, 0.29) is 18.2 Å².